The molecule has 1 aliphatic heterocycles. The van der Waals surface area contributed by atoms with E-state index in [1.807, 2.05) is 6.07 Å². The van der Waals surface area contributed by atoms with E-state index in [1.165, 1.54) is 15.8 Å². The van der Waals surface area contributed by atoms with Gasteiger partial charge in [-0.1, -0.05) is 18.6 Å². The zero-order valence-electron chi connectivity index (χ0n) is 14.2. The number of phenols is 1. The van der Waals surface area contributed by atoms with Gasteiger partial charge < -0.3 is 10.2 Å². The third kappa shape index (κ3) is 3.92. The number of carbonyl (C=O) groups is 1. The molecule has 8 heteroatoms. The first-order valence-electron chi connectivity index (χ1n) is 8.50. The van der Waals surface area contributed by atoms with Crippen LogP contribution in [0.1, 0.15) is 40.9 Å². The number of benzene rings is 1. The molecule has 1 aliphatic rings. The van der Waals surface area contributed by atoms with Gasteiger partial charge in [0.05, 0.1) is 0 Å². The number of rotatable bonds is 6. The molecule has 0 bridgehead atoms. The molecule has 0 radical (unpaired) electrons. The van der Waals surface area contributed by atoms with Crippen LogP contribution in [0.3, 0.4) is 0 Å². The topological polar surface area (TPSA) is 94.9 Å². The maximum Gasteiger partial charge on any atom is 0.347 e. The van der Waals surface area contributed by atoms with Crippen molar-refractivity contribution in [3.8, 4) is 5.75 Å². The first kappa shape index (κ1) is 18.9. The third-order valence-electron chi connectivity index (χ3n) is 4.66. The SMILES string of the molecule is O=C(O)c1sccc1S(=O)(=O)N1CCCCC1CCc1cccc(O)c1. The van der Waals surface area contributed by atoms with Crippen LogP contribution in [0.4, 0.5) is 0 Å². The maximum absolute atomic E-state index is 13.1. The Kier molecular flexibility index (Phi) is 5.64. The van der Waals surface area contributed by atoms with Gasteiger partial charge in [-0.2, -0.15) is 4.31 Å². The molecule has 2 heterocycles. The average Bonchev–Trinajstić information content (AvgIpc) is 3.11. The zero-order chi connectivity index (χ0) is 18.7. The predicted molar refractivity (Wildman–Crippen MR) is 99.2 cm³/mol. The summed E-state index contributed by atoms with van der Waals surface area (Å²) >= 11 is 0.928. The number of carboxylic acid groups (broad SMARTS) is 1. The highest BCUT2D eigenvalue weighted by molar-refractivity contribution is 7.89. The Morgan fingerprint density at radius 1 is 1.27 bits per heavy atom. The fraction of sp³-hybridized carbons (Fsp3) is 0.389. The average molecular weight is 396 g/mol. The summed E-state index contributed by atoms with van der Waals surface area (Å²) in [5.74, 6) is -1.02. The van der Waals surface area contributed by atoms with E-state index in [2.05, 4.69) is 0 Å². The minimum Gasteiger partial charge on any atom is -0.508 e. The normalized spacial score (nSPS) is 18.7. The lowest BCUT2D eigenvalue weighted by atomic mass is 9.98. The van der Waals surface area contributed by atoms with Gasteiger partial charge in [0.25, 0.3) is 0 Å². The van der Waals surface area contributed by atoms with E-state index in [0.29, 0.717) is 19.4 Å². The van der Waals surface area contributed by atoms with Crippen LogP contribution in [0.15, 0.2) is 40.6 Å². The van der Waals surface area contributed by atoms with Crippen LogP contribution < -0.4 is 0 Å². The van der Waals surface area contributed by atoms with Crippen molar-refractivity contribution in [3.63, 3.8) is 0 Å². The molecule has 6 nitrogen and oxygen atoms in total. The highest BCUT2D eigenvalue weighted by Crippen LogP contribution is 2.31. The van der Waals surface area contributed by atoms with Crippen molar-refractivity contribution in [1.29, 1.82) is 0 Å². The van der Waals surface area contributed by atoms with Gasteiger partial charge >= 0.3 is 5.97 Å². The van der Waals surface area contributed by atoms with E-state index in [9.17, 15) is 23.4 Å². The smallest absolute Gasteiger partial charge is 0.347 e. The van der Waals surface area contributed by atoms with Gasteiger partial charge in [-0.05, 0) is 54.8 Å². The summed E-state index contributed by atoms with van der Waals surface area (Å²) in [5, 5.41) is 20.3. The number of aromatic hydroxyl groups is 1. The van der Waals surface area contributed by atoms with E-state index >= 15 is 0 Å². The second kappa shape index (κ2) is 7.77. The molecule has 1 fully saturated rings. The Labute approximate surface area is 156 Å². The quantitative estimate of drug-likeness (QED) is 0.782. The molecule has 2 aromatic rings. The van der Waals surface area contributed by atoms with Gasteiger partial charge in [-0.15, -0.1) is 11.3 Å². The Balaban J connectivity index is 1.81. The number of aromatic carboxylic acids is 1. The molecule has 0 aliphatic carbocycles. The molecular formula is C18H21NO5S2. The first-order chi connectivity index (χ1) is 12.4. The van der Waals surface area contributed by atoms with E-state index in [1.54, 1.807) is 18.2 Å². The number of sulfonamides is 1. The highest BCUT2D eigenvalue weighted by Gasteiger charge is 2.36. The molecule has 0 saturated carbocycles. The lowest BCUT2D eigenvalue weighted by molar-refractivity contribution is 0.0698. The summed E-state index contributed by atoms with van der Waals surface area (Å²) in [6, 6.07) is 8.17. The van der Waals surface area contributed by atoms with Crippen molar-refractivity contribution in [2.75, 3.05) is 6.54 Å². The van der Waals surface area contributed by atoms with E-state index in [4.69, 9.17) is 0 Å². The van der Waals surface area contributed by atoms with Crippen molar-refractivity contribution in [2.45, 2.75) is 43.0 Å². The number of nitrogens with zero attached hydrogens (tertiary/aromatic N) is 1. The monoisotopic (exact) mass is 395 g/mol. The molecule has 2 N–H and O–H groups in total. The molecule has 1 unspecified atom stereocenters. The van der Waals surface area contributed by atoms with E-state index in [0.717, 1.165) is 36.2 Å². The molecule has 1 saturated heterocycles. The largest absolute Gasteiger partial charge is 0.508 e. The van der Waals surface area contributed by atoms with E-state index < -0.39 is 16.0 Å². The van der Waals surface area contributed by atoms with E-state index in [-0.39, 0.29) is 21.6 Å². The molecule has 0 amide bonds. The Hall–Kier alpha value is -1.90. The van der Waals surface area contributed by atoms with Gasteiger partial charge in [0.1, 0.15) is 15.5 Å². The summed E-state index contributed by atoms with van der Waals surface area (Å²) in [6.45, 7) is 0.405. The maximum atomic E-state index is 13.1. The van der Waals surface area contributed by atoms with Crippen molar-refractivity contribution in [1.82, 2.24) is 4.31 Å². The number of piperidine rings is 1. The van der Waals surface area contributed by atoms with Crippen molar-refractivity contribution in [3.05, 3.63) is 46.2 Å². The van der Waals surface area contributed by atoms with Crippen LogP contribution in [0.2, 0.25) is 0 Å². The summed E-state index contributed by atoms with van der Waals surface area (Å²) in [5.41, 5.74) is 0.953. The van der Waals surface area contributed by atoms with Crippen LogP contribution in [-0.4, -0.2) is 41.5 Å². The number of hydrogen-bond acceptors (Lipinski definition) is 5. The van der Waals surface area contributed by atoms with Crippen molar-refractivity contribution >= 4 is 27.3 Å². The van der Waals surface area contributed by atoms with Gasteiger partial charge in [0.15, 0.2) is 0 Å². The van der Waals surface area contributed by atoms with Crippen LogP contribution in [-0.2, 0) is 16.4 Å². The molecule has 0 spiro atoms. The Morgan fingerprint density at radius 2 is 2.08 bits per heavy atom. The number of thiophene rings is 1. The van der Waals surface area contributed by atoms with Crippen molar-refractivity contribution < 1.29 is 23.4 Å². The second-order valence-electron chi connectivity index (χ2n) is 6.39. The van der Waals surface area contributed by atoms with Crippen LogP contribution in [0, 0.1) is 0 Å². The molecule has 1 aromatic heterocycles. The standard InChI is InChI=1S/C18H21NO5S2/c20-15-6-3-4-13(12-15)7-8-14-5-1-2-10-19(14)26(23,24)16-9-11-25-17(16)18(21)22/h3-4,6,9,11-12,14,20H,1-2,5,7-8,10H2,(H,21,22). The van der Waals surface area contributed by atoms with Crippen molar-refractivity contribution in [2.24, 2.45) is 0 Å². The Bertz CT molecular complexity index is 890. The number of carboxylic acids is 1. The molecule has 1 atom stereocenters. The third-order valence-corrected chi connectivity index (χ3v) is 7.69. The lowest BCUT2D eigenvalue weighted by Gasteiger charge is -2.34. The van der Waals surface area contributed by atoms with Gasteiger partial charge in [-0.3, -0.25) is 0 Å². The van der Waals surface area contributed by atoms with Crippen LogP contribution in [0.25, 0.3) is 0 Å². The molecule has 140 valence electrons. The summed E-state index contributed by atoms with van der Waals surface area (Å²) in [7, 11) is -3.84. The van der Waals surface area contributed by atoms with Gasteiger partial charge in [-0.25, -0.2) is 13.2 Å². The molecule has 1 aromatic carbocycles. The number of phenolic OH excluding ortho intramolecular Hbond substituents is 1. The predicted octanol–water partition coefficient (Wildman–Crippen LogP) is 3.33. The molecule has 3 rings (SSSR count). The summed E-state index contributed by atoms with van der Waals surface area (Å²) < 4.78 is 27.6. The molecular weight excluding hydrogens is 374 g/mol. The first-order valence-corrected chi connectivity index (χ1v) is 10.8. The second-order valence-corrected chi connectivity index (χ2v) is 9.17. The summed E-state index contributed by atoms with van der Waals surface area (Å²) in [4.78, 5) is 11.1. The number of aryl methyl sites for hydroxylation is 1. The fourth-order valence-electron chi connectivity index (χ4n) is 3.41. The lowest BCUT2D eigenvalue weighted by Crippen LogP contribution is -2.44. The Morgan fingerprint density at radius 3 is 2.81 bits per heavy atom. The minimum atomic E-state index is -3.84. The van der Waals surface area contributed by atoms with Crippen LogP contribution in [0.5, 0.6) is 5.75 Å². The fourth-order valence-corrected chi connectivity index (χ4v) is 6.37. The van der Waals surface area contributed by atoms with Gasteiger partial charge in [0.2, 0.25) is 10.0 Å². The summed E-state index contributed by atoms with van der Waals surface area (Å²) in [6.07, 6.45) is 3.76. The van der Waals surface area contributed by atoms with Crippen LogP contribution >= 0.6 is 11.3 Å². The molecule has 26 heavy (non-hydrogen) atoms. The number of hydrogen-bond donors (Lipinski definition) is 2. The zero-order valence-corrected chi connectivity index (χ0v) is 15.8. The van der Waals surface area contributed by atoms with Gasteiger partial charge in [0, 0.05) is 12.6 Å². The highest BCUT2D eigenvalue weighted by atomic mass is 32.2. The minimum absolute atomic E-state index is 0.112.